The van der Waals surface area contributed by atoms with Gasteiger partial charge in [-0.15, -0.1) is 0 Å². The van der Waals surface area contributed by atoms with Gasteiger partial charge >= 0.3 is 7.82 Å². The third kappa shape index (κ3) is 13.8. The second kappa shape index (κ2) is 19.2. The Morgan fingerprint density at radius 1 is 0.821 bits per heavy atom. The molecule has 8 heteroatoms. The van der Waals surface area contributed by atoms with Crippen LogP contribution >= 0.6 is 7.82 Å². The van der Waals surface area contributed by atoms with Gasteiger partial charge in [0.15, 0.2) is 0 Å². The highest BCUT2D eigenvalue weighted by Crippen LogP contribution is 2.49. The van der Waals surface area contributed by atoms with Crippen LogP contribution in [0.15, 0.2) is 55.0 Å². The van der Waals surface area contributed by atoms with Gasteiger partial charge in [-0.05, 0) is 38.3 Å². The number of fused-ring (bicyclic) bond motifs is 1. The van der Waals surface area contributed by atoms with Crippen LogP contribution in [0.2, 0.25) is 0 Å². The minimum Gasteiger partial charge on any atom is -0.359 e. The lowest BCUT2D eigenvalue weighted by Gasteiger charge is -2.39. The van der Waals surface area contributed by atoms with Gasteiger partial charge in [-0.3, -0.25) is 18.6 Å². The number of nitrogens with zero attached hydrogens (tertiary/aromatic N) is 3. The monoisotopic (exact) mass is 563 g/mol. The first-order valence-corrected chi connectivity index (χ1v) is 16.1. The number of benzene rings is 1. The molecule has 39 heavy (non-hydrogen) atoms. The van der Waals surface area contributed by atoms with Crippen molar-refractivity contribution in [1.82, 2.24) is 14.8 Å². The third-order valence-corrected chi connectivity index (χ3v) is 7.58. The van der Waals surface area contributed by atoms with Crippen LogP contribution in [0.5, 0.6) is 0 Å². The maximum absolute atomic E-state index is 12.2. The summed E-state index contributed by atoms with van der Waals surface area (Å²) in [5.41, 5.74) is 1.37. The van der Waals surface area contributed by atoms with E-state index in [1.165, 1.54) is 5.39 Å². The van der Waals surface area contributed by atoms with Gasteiger partial charge in [0.2, 0.25) is 0 Å². The second-order valence-electron chi connectivity index (χ2n) is 10.7. The minimum absolute atomic E-state index is 0.314. The topological polar surface area (TPSA) is 64.1 Å². The van der Waals surface area contributed by atoms with Gasteiger partial charge < -0.3 is 9.80 Å². The molecule has 1 aliphatic heterocycles. The molecule has 0 bridgehead atoms. The van der Waals surface area contributed by atoms with Gasteiger partial charge in [0.05, 0.1) is 25.3 Å². The maximum atomic E-state index is 12.2. The Morgan fingerprint density at radius 2 is 1.33 bits per heavy atom. The van der Waals surface area contributed by atoms with Crippen LogP contribution in [0.25, 0.3) is 10.9 Å². The van der Waals surface area contributed by atoms with E-state index in [0.717, 1.165) is 50.6 Å². The van der Waals surface area contributed by atoms with Crippen LogP contribution < -0.4 is 0 Å². The van der Waals surface area contributed by atoms with E-state index in [9.17, 15) is 4.57 Å². The predicted octanol–water partition coefficient (Wildman–Crippen LogP) is 8.88. The molecule has 222 valence electrons. The van der Waals surface area contributed by atoms with Gasteiger partial charge in [-0.1, -0.05) is 85.1 Å². The highest BCUT2D eigenvalue weighted by atomic mass is 31.2. The summed E-state index contributed by atoms with van der Waals surface area (Å²) in [4.78, 5) is 8.84. The molecule has 0 spiro atoms. The number of aromatic nitrogens is 1. The number of pyridine rings is 1. The SMILES string of the molecule is CCCCOP(=O)(OCCCC)OCCCC.CCN1C=CN(C)C1C(C)(C)C.c1ccc2ncccc2c1. The first-order chi connectivity index (χ1) is 18.6. The van der Waals surface area contributed by atoms with Gasteiger partial charge in [-0.2, -0.15) is 0 Å². The number of phosphoric acid groups is 1. The molecule has 0 saturated carbocycles. The van der Waals surface area contributed by atoms with Crippen LogP contribution in [0, 0.1) is 5.41 Å². The standard InChI is InChI=1S/C12H27O4P.C10H20N2.C9H7N/c1-4-7-10-14-17(13,15-11-8-5-2)16-12-9-6-3;1-6-12-8-7-11(5)9(12)10(2,3)4;1-2-6-9-8(4-1)5-3-7-10-9/h4-12H2,1-3H3;7-9H,6H2,1-5H3;1-7H. The number of para-hydroxylation sites is 1. The van der Waals surface area contributed by atoms with Crippen molar-refractivity contribution in [1.29, 1.82) is 0 Å². The molecular formula is C31H54N3O4P. The van der Waals surface area contributed by atoms with Gasteiger partial charge in [-0.25, -0.2) is 4.57 Å². The Hall–Kier alpha value is -1.92. The number of hydrogen-bond acceptors (Lipinski definition) is 7. The molecule has 0 fully saturated rings. The average molecular weight is 564 g/mol. The molecule has 0 saturated heterocycles. The summed E-state index contributed by atoms with van der Waals surface area (Å²) in [7, 11) is -1.17. The van der Waals surface area contributed by atoms with E-state index in [0.29, 0.717) is 31.4 Å². The van der Waals surface area contributed by atoms with Gasteiger partial charge in [0.25, 0.3) is 0 Å². The highest BCUT2D eigenvalue weighted by Gasteiger charge is 2.33. The molecule has 7 nitrogen and oxygen atoms in total. The first-order valence-electron chi connectivity index (χ1n) is 14.6. The summed E-state index contributed by atoms with van der Waals surface area (Å²) in [6, 6.07) is 12.1. The summed E-state index contributed by atoms with van der Waals surface area (Å²) in [6.45, 7) is 17.6. The Kier molecular flexibility index (Phi) is 17.3. The maximum Gasteiger partial charge on any atom is 0.474 e. The van der Waals surface area contributed by atoms with Crippen molar-refractivity contribution in [2.75, 3.05) is 33.4 Å². The van der Waals surface area contributed by atoms with E-state index < -0.39 is 7.82 Å². The zero-order chi connectivity index (χ0) is 29.2. The lowest BCUT2D eigenvalue weighted by molar-refractivity contribution is 0.0691. The highest BCUT2D eigenvalue weighted by molar-refractivity contribution is 7.48. The van der Waals surface area contributed by atoms with Crippen molar-refractivity contribution in [2.45, 2.75) is 93.2 Å². The smallest absolute Gasteiger partial charge is 0.359 e. The van der Waals surface area contributed by atoms with E-state index in [4.69, 9.17) is 13.6 Å². The van der Waals surface area contributed by atoms with Crippen LogP contribution in [0.4, 0.5) is 0 Å². The van der Waals surface area contributed by atoms with Crippen LogP contribution in [-0.4, -0.2) is 54.4 Å². The average Bonchev–Trinajstić information content (AvgIpc) is 3.31. The predicted molar refractivity (Wildman–Crippen MR) is 164 cm³/mol. The Balaban J connectivity index is 0.000000302. The largest absolute Gasteiger partial charge is 0.474 e. The normalized spacial score (nSPS) is 15.1. The fourth-order valence-corrected chi connectivity index (χ4v) is 5.35. The lowest BCUT2D eigenvalue weighted by Crippen LogP contribution is -2.46. The summed E-state index contributed by atoms with van der Waals surface area (Å²) >= 11 is 0. The van der Waals surface area contributed by atoms with Crippen LogP contribution in [-0.2, 0) is 18.1 Å². The molecule has 0 aliphatic carbocycles. The van der Waals surface area contributed by atoms with Crippen molar-refractivity contribution in [3.8, 4) is 0 Å². The summed E-state index contributed by atoms with van der Waals surface area (Å²) in [5, 5.41) is 1.20. The minimum atomic E-state index is -3.31. The molecule has 0 amide bonds. The molecule has 3 rings (SSSR count). The third-order valence-electron chi connectivity index (χ3n) is 6.09. The molecule has 1 aliphatic rings. The van der Waals surface area contributed by atoms with E-state index in [1.807, 2.05) is 30.5 Å². The first kappa shape index (κ1) is 35.1. The fraction of sp³-hybridized carbons (Fsp3) is 0.645. The molecular weight excluding hydrogens is 509 g/mol. The van der Waals surface area contributed by atoms with E-state index in [-0.39, 0.29) is 0 Å². The summed E-state index contributed by atoms with van der Waals surface area (Å²) in [6.07, 6.45) is 12.3. The fourth-order valence-electron chi connectivity index (χ4n) is 4.06. The summed E-state index contributed by atoms with van der Waals surface area (Å²) in [5.74, 6) is 0. The zero-order valence-electron chi connectivity index (χ0n) is 25.8. The second-order valence-corrected chi connectivity index (χ2v) is 12.4. The Morgan fingerprint density at radius 3 is 1.77 bits per heavy atom. The van der Waals surface area contributed by atoms with Crippen LogP contribution in [0.1, 0.15) is 87.0 Å². The number of hydrogen-bond donors (Lipinski definition) is 0. The number of rotatable bonds is 13. The molecule has 2 heterocycles. The van der Waals surface area contributed by atoms with Gasteiger partial charge in [0.1, 0.15) is 6.17 Å². The summed E-state index contributed by atoms with van der Waals surface area (Å²) < 4.78 is 28.0. The van der Waals surface area contributed by atoms with Crippen LogP contribution in [0.3, 0.4) is 0 Å². The number of unbranched alkanes of at least 4 members (excludes halogenated alkanes) is 3. The molecule has 2 aromatic rings. The molecule has 1 unspecified atom stereocenters. The zero-order valence-corrected chi connectivity index (χ0v) is 26.7. The quantitative estimate of drug-likeness (QED) is 0.178. The molecule has 0 radical (unpaired) electrons. The van der Waals surface area contributed by atoms with Crippen molar-refractivity contribution in [2.24, 2.45) is 5.41 Å². The van der Waals surface area contributed by atoms with E-state index in [1.54, 1.807) is 0 Å². The van der Waals surface area contributed by atoms with Crippen molar-refractivity contribution < 1.29 is 18.1 Å². The van der Waals surface area contributed by atoms with Gasteiger partial charge in [0, 0.05) is 43.0 Å². The van der Waals surface area contributed by atoms with E-state index in [2.05, 4.69) is 94.8 Å². The molecule has 1 atom stereocenters. The van der Waals surface area contributed by atoms with Crippen molar-refractivity contribution >= 4 is 18.7 Å². The number of phosphoric ester groups is 1. The van der Waals surface area contributed by atoms with E-state index >= 15 is 0 Å². The van der Waals surface area contributed by atoms with Crippen molar-refractivity contribution in [3.63, 3.8) is 0 Å². The molecule has 1 aromatic heterocycles. The van der Waals surface area contributed by atoms with Crippen molar-refractivity contribution in [3.05, 3.63) is 55.0 Å². The Bertz CT molecular complexity index is 881. The molecule has 1 aromatic carbocycles. The lowest BCUT2D eigenvalue weighted by atomic mass is 9.91. The molecule has 0 N–H and O–H groups in total. The Labute approximate surface area is 238 Å².